The number of anilines is 1. The fourth-order valence-electron chi connectivity index (χ4n) is 2.84. The normalized spacial score (nSPS) is 21.1. The lowest BCUT2D eigenvalue weighted by atomic mass is 9.95. The van der Waals surface area contributed by atoms with Crippen molar-refractivity contribution < 1.29 is 5.11 Å². The van der Waals surface area contributed by atoms with E-state index in [1.807, 2.05) is 6.07 Å². The van der Waals surface area contributed by atoms with Crippen molar-refractivity contribution in [3.8, 4) is 0 Å². The third kappa shape index (κ3) is 2.49. The van der Waals surface area contributed by atoms with Crippen molar-refractivity contribution >= 4 is 5.69 Å². The molecular weight excluding hydrogens is 236 g/mol. The van der Waals surface area contributed by atoms with Crippen LogP contribution in [-0.2, 0) is 5.41 Å². The van der Waals surface area contributed by atoms with Gasteiger partial charge in [-0.15, -0.1) is 0 Å². The first-order chi connectivity index (χ1) is 8.90. The van der Waals surface area contributed by atoms with Crippen LogP contribution in [0.2, 0.25) is 0 Å². The van der Waals surface area contributed by atoms with Crippen LogP contribution in [0.15, 0.2) is 18.2 Å². The summed E-state index contributed by atoms with van der Waals surface area (Å²) in [6.45, 7) is 8.02. The minimum absolute atomic E-state index is 0.0387. The predicted octanol–water partition coefficient (Wildman–Crippen LogP) is 2.57. The van der Waals surface area contributed by atoms with Crippen molar-refractivity contribution in [2.75, 3.05) is 18.4 Å². The Morgan fingerprint density at radius 1 is 1.37 bits per heavy atom. The molecule has 0 saturated heterocycles. The average molecular weight is 260 g/mol. The van der Waals surface area contributed by atoms with E-state index in [9.17, 15) is 5.11 Å². The Morgan fingerprint density at radius 3 is 2.74 bits per heavy atom. The molecule has 1 aliphatic carbocycles. The molecule has 1 heterocycles. The number of hydrogen-bond acceptors (Lipinski definition) is 3. The maximum absolute atomic E-state index is 10.3. The van der Waals surface area contributed by atoms with Crippen molar-refractivity contribution in [2.45, 2.75) is 50.7 Å². The molecule has 104 valence electrons. The van der Waals surface area contributed by atoms with Gasteiger partial charge in [-0.1, -0.05) is 12.1 Å². The fourth-order valence-corrected chi connectivity index (χ4v) is 2.84. The van der Waals surface area contributed by atoms with E-state index >= 15 is 0 Å². The van der Waals surface area contributed by atoms with Gasteiger partial charge in [0.1, 0.15) is 0 Å². The summed E-state index contributed by atoms with van der Waals surface area (Å²) in [5.74, 6) is 0. The Hall–Kier alpha value is -1.06. The quantitative estimate of drug-likeness (QED) is 0.782. The zero-order valence-electron chi connectivity index (χ0n) is 12.1. The van der Waals surface area contributed by atoms with E-state index < -0.39 is 6.10 Å². The van der Waals surface area contributed by atoms with Gasteiger partial charge in [0, 0.05) is 29.7 Å². The van der Waals surface area contributed by atoms with Crippen LogP contribution in [0.5, 0.6) is 0 Å². The Bertz CT molecular complexity index is 486. The molecule has 3 nitrogen and oxygen atoms in total. The summed E-state index contributed by atoms with van der Waals surface area (Å²) < 4.78 is 0. The Labute approximate surface area is 115 Å². The molecule has 1 aromatic rings. The molecule has 3 rings (SSSR count). The third-order valence-corrected chi connectivity index (χ3v) is 4.30. The standard InChI is InChI=1S/C16H24N2O/c1-15(2,3)18-9-14(19)11-4-5-13-12(8-11)16(6-7-16)10-17-13/h4-5,8,14,17-19H,6-7,9-10H2,1-3H3/t14-/m0/s1. The van der Waals surface area contributed by atoms with Gasteiger partial charge in [0.05, 0.1) is 6.10 Å². The van der Waals surface area contributed by atoms with Gasteiger partial charge in [-0.05, 0) is 50.8 Å². The second-order valence-electron chi connectivity index (χ2n) is 7.09. The van der Waals surface area contributed by atoms with Gasteiger partial charge in [0.2, 0.25) is 0 Å². The summed E-state index contributed by atoms with van der Waals surface area (Å²) in [6.07, 6.45) is 2.14. The number of aliphatic hydroxyl groups is 1. The molecule has 0 amide bonds. The molecule has 1 spiro atoms. The van der Waals surface area contributed by atoms with Crippen LogP contribution in [-0.4, -0.2) is 23.7 Å². The topological polar surface area (TPSA) is 44.3 Å². The van der Waals surface area contributed by atoms with Gasteiger partial charge in [0.25, 0.3) is 0 Å². The molecule has 3 heteroatoms. The first-order valence-electron chi connectivity index (χ1n) is 7.21. The molecule has 1 aromatic carbocycles. The van der Waals surface area contributed by atoms with Crippen LogP contribution in [0.1, 0.15) is 50.8 Å². The maximum atomic E-state index is 10.3. The summed E-state index contributed by atoms with van der Waals surface area (Å²) in [7, 11) is 0. The number of benzene rings is 1. The number of nitrogens with one attached hydrogen (secondary N) is 2. The van der Waals surface area contributed by atoms with Crippen LogP contribution in [0.4, 0.5) is 5.69 Å². The number of aliphatic hydroxyl groups excluding tert-OH is 1. The molecule has 1 aliphatic heterocycles. The summed E-state index contributed by atoms with van der Waals surface area (Å²) in [5.41, 5.74) is 4.14. The first-order valence-corrected chi connectivity index (χ1v) is 7.21. The maximum Gasteiger partial charge on any atom is 0.0914 e. The van der Waals surface area contributed by atoms with E-state index in [4.69, 9.17) is 0 Å². The van der Waals surface area contributed by atoms with Gasteiger partial charge in [-0.2, -0.15) is 0 Å². The highest BCUT2D eigenvalue weighted by Crippen LogP contribution is 2.54. The van der Waals surface area contributed by atoms with Gasteiger partial charge in [-0.25, -0.2) is 0 Å². The summed E-state index contributed by atoms with van der Waals surface area (Å²) in [6, 6.07) is 6.37. The summed E-state index contributed by atoms with van der Waals surface area (Å²) in [4.78, 5) is 0. The molecule has 1 saturated carbocycles. The Kier molecular flexibility index (Phi) is 2.88. The Balaban J connectivity index is 1.75. The molecule has 0 unspecified atom stereocenters. The van der Waals surface area contributed by atoms with E-state index in [0.717, 1.165) is 12.1 Å². The lowest BCUT2D eigenvalue weighted by molar-refractivity contribution is 0.163. The van der Waals surface area contributed by atoms with Crippen LogP contribution in [0, 0.1) is 0 Å². The lowest BCUT2D eigenvalue weighted by Crippen LogP contribution is -2.38. The zero-order valence-corrected chi connectivity index (χ0v) is 12.1. The van der Waals surface area contributed by atoms with Crippen molar-refractivity contribution in [3.63, 3.8) is 0 Å². The molecule has 19 heavy (non-hydrogen) atoms. The van der Waals surface area contributed by atoms with Crippen LogP contribution in [0.3, 0.4) is 0 Å². The van der Waals surface area contributed by atoms with Crippen molar-refractivity contribution in [2.24, 2.45) is 0 Å². The Morgan fingerprint density at radius 2 is 2.11 bits per heavy atom. The average Bonchev–Trinajstić information content (AvgIpc) is 3.04. The molecule has 1 fully saturated rings. The second-order valence-corrected chi connectivity index (χ2v) is 7.09. The van der Waals surface area contributed by atoms with E-state index in [1.54, 1.807) is 0 Å². The minimum Gasteiger partial charge on any atom is -0.387 e. The zero-order chi connectivity index (χ0) is 13.7. The van der Waals surface area contributed by atoms with E-state index in [2.05, 4.69) is 43.5 Å². The summed E-state index contributed by atoms with van der Waals surface area (Å²) in [5, 5.41) is 17.2. The fraction of sp³-hybridized carbons (Fsp3) is 0.625. The van der Waals surface area contributed by atoms with Gasteiger partial charge in [-0.3, -0.25) is 0 Å². The second kappa shape index (κ2) is 4.22. The smallest absolute Gasteiger partial charge is 0.0914 e. The summed E-state index contributed by atoms with van der Waals surface area (Å²) >= 11 is 0. The van der Waals surface area contributed by atoms with Crippen molar-refractivity contribution in [3.05, 3.63) is 29.3 Å². The predicted molar refractivity (Wildman–Crippen MR) is 78.6 cm³/mol. The largest absolute Gasteiger partial charge is 0.387 e. The van der Waals surface area contributed by atoms with Crippen molar-refractivity contribution in [1.29, 1.82) is 0 Å². The molecular formula is C16H24N2O. The molecule has 0 radical (unpaired) electrons. The number of fused-ring (bicyclic) bond motifs is 2. The third-order valence-electron chi connectivity index (χ3n) is 4.30. The van der Waals surface area contributed by atoms with Gasteiger partial charge >= 0.3 is 0 Å². The van der Waals surface area contributed by atoms with Crippen LogP contribution < -0.4 is 10.6 Å². The monoisotopic (exact) mass is 260 g/mol. The molecule has 0 bridgehead atoms. The highest BCUT2D eigenvalue weighted by atomic mass is 16.3. The van der Waals surface area contributed by atoms with E-state index in [-0.39, 0.29) is 5.54 Å². The molecule has 1 atom stereocenters. The minimum atomic E-state index is -0.430. The van der Waals surface area contributed by atoms with Gasteiger partial charge < -0.3 is 15.7 Å². The van der Waals surface area contributed by atoms with Crippen molar-refractivity contribution in [1.82, 2.24) is 5.32 Å². The highest BCUT2D eigenvalue weighted by Gasteiger charge is 2.48. The molecule has 0 aromatic heterocycles. The number of rotatable bonds is 3. The SMILES string of the molecule is CC(C)(C)NC[C@H](O)c1ccc2c(c1)C1(CC1)CN2. The van der Waals surface area contributed by atoms with E-state index in [1.165, 1.54) is 24.1 Å². The van der Waals surface area contributed by atoms with Crippen LogP contribution >= 0.6 is 0 Å². The van der Waals surface area contributed by atoms with Gasteiger partial charge in [0.15, 0.2) is 0 Å². The lowest BCUT2D eigenvalue weighted by Gasteiger charge is -2.23. The number of hydrogen-bond donors (Lipinski definition) is 3. The molecule has 3 N–H and O–H groups in total. The van der Waals surface area contributed by atoms with E-state index in [0.29, 0.717) is 12.0 Å². The first kappa shape index (κ1) is 12.9. The highest BCUT2D eigenvalue weighted by molar-refractivity contribution is 5.63. The molecule has 2 aliphatic rings. The van der Waals surface area contributed by atoms with Crippen LogP contribution in [0.25, 0.3) is 0 Å². The number of β-amino-alcohol motifs (C(OH)–C–C–N with tert-alkyl or cyclic N) is 1.